The van der Waals surface area contributed by atoms with Crippen molar-refractivity contribution < 1.29 is 13.9 Å². The fraction of sp³-hybridized carbons (Fsp3) is 0.100. The van der Waals surface area contributed by atoms with Crippen molar-refractivity contribution in [1.29, 1.82) is 0 Å². The van der Waals surface area contributed by atoms with Gasteiger partial charge in [-0.1, -0.05) is 29.8 Å². The standard InChI is InChI=1S/C20H18FN3O2/c1-14-6-9-16(10-7-14)26-13-20(25)23-15-8-11-19(22-12-15)24-18-5-3-2-4-17(18)21/h2-12H,13H2,1H3,(H,22,24)(H,23,25). The topological polar surface area (TPSA) is 63.2 Å². The Kier molecular flexibility index (Phi) is 5.43. The molecular formula is C20H18FN3O2. The molecule has 0 spiro atoms. The number of benzene rings is 2. The summed E-state index contributed by atoms with van der Waals surface area (Å²) in [5.74, 6) is 0.458. The van der Waals surface area contributed by atoms with Crippen molar-refractivity contribution in [2.75, 3.05) is 17.2 Å². The number of halogens is 1. The third kappa shape index (κ3) is 4.80. The minimum Gasteiger partial charge on any atom is -0.484 e. The first-order valence-electron chi connectivity index (χ1n) is 8.07. The minimum absolute atomic E-state index is 0.0989. The first-order valence-corrected chi connectivity index (χ1v) is 8.07. The molecule has 3 rings (SSSR count). The molecule has 132 valence electrons. The highest BCUT2D eigenvalue weighted by atomic mass is 19.1. The molecule has 1 aromatic heterocycles. The second-order valence-electron chi connectivity index (χ2n) is 5.69. The van der Waals surface area contributed by atoms with E-state index in [0.29, 0.717) is 22.9 Å². The number of nitrogens with zero attached hydrogens (tertiary/aromatic N) is 1. The lowest BCUT2D eigenvalue weighted by Gasteiger charge is -2.09. The van der Waals surface area contributed by atoms with Gasteiger partial charge in [0, 0.05) is 0 Å². The predicted octanol–water partition coefficient (Wildman–Crippen LogP) is 4.29. The lowest BCUT2D eigenvalue weighted by Crippen LogP contribution is -2.20. The van der Waals surface area contributed by atoms with Gasteiger partial charge >= 0.3 is 0 Å². The van der Waals surface area contributed by atoms with Crippen molar-refractivity contribution in [3.63, 3.8) is 0 Å². The van der Waals surface area contributed by atoms with Crippen LogP contribution in [0.15, 0.2) is 66.9 Å². The molecule has 1 amide bonds. The van der Waals surface area contributed by atoms with Gasteiger partial charge in [0.2, 0.25) is 0 Å². The van der Waals surface area contributed by atoms with Crippen LogP contribution in [0.2, 0.25) is 0 Å². The molecule has 0 aliphatic rings. The molecule has 0 fully saturated rings. The number of rotatable bonds is 6. The van der Waals surface area contributed by atoms with E-state index < -0.39 is 0 Å². The van der Waals surface area contributed by atoms with E-state index in [1.807, 2.05) is 31.2 Å². The summed E-state index contributed by atoms with van der Waals surface area (Å²) in [7, 11) is 0. The number of hydrogen-bond acceptors (Lipinski definition) is 4. The summed E-state index contributed by atoms with van der Waals surface area (Å²) >= 11 is 0. The Hall–Kier alpha value is -3.41. The monoisotopic (exact) mass is 351 g/mol. The Morgan fingerprint density at radius 1 is 1.08 bits per heavy atom. The van der Waals surface area contributed by atoms with Gasteiger partial charge in [0.25, 0.3) is 5.91 Å². The molecular weight excluding hydrogens is 333 g/mol. The molecule has 0 aliphatic heterocycles. The van der Waals surface area contributed by atoms with Crippen LogP contribution < -0.4 is 15.4 Å². The Bertz CT molecular complexity index is 880. The zero-order valence-electron chi connectivity index (χ0n) is 14.2. The second-order valence-corrected chi connectivity index (χ2v) is 5.69. The Balaban J connectivity index is 1.52. The molecule has 2 aromatic carbocycles. The molecule has 0 bridgehead atoms. The Labute approximate surface area is 150 Å². The van der Waals surface area contributed by atoms with Gasteiger partial charge in [-0.25, -0.2) is 9.37 Å². The second kappa shape index (κ2) is 8.11. The maximum atomic E-state index is 13.6. The van der Waals surface area contributed by atoms with E-state index in [-0.39, 0.29) is 18.3 Å². The average molecular weight is 351 g/mol. The summed E-state index contributed by atoms with van der Waals surface area (Å²) in [4.78, 5) is 16.1. The van der Waals surface area contributed by atoms with Crippen LogP contribution in [0.25, 0.3) is 0 Å². The van der Waals surface area contributed by atoms with Gasteiger partial charge in [0.05, 0.1) is 17.6 Å². The lowest BCUT2D eigenvalue weighted by atomic mass is 10.2. The van der Waals surface area contributed by atoms with Gasteiger partial charge in [-0.3, -0.25) is 4.79 Å². The molecule has 0 unspecified atom stereocenters. The summed E-state index contributed by atoms with van der Waals surface area (Å²) in [6.45, 7) is 1.88. The largest absolute Gasteiger partial charge is 0.484 e. The number of aryl methyl sites for hydroxylation is 1. The molecule has 6 heteroatoms. The highest BCUT2D eigenvalue weighted by molar-refractivity contribution is 5.91. The summed E-state index contributed by atoms with van der Waals surface area (Å²) in [6.07, 6.45) is 1.49. The molecule has 1 heterocycles. The normalized spacial score (nSPS) is 10.2. The number of nitrogens with one attached hydrogen (secondary N) is 2. The number of anilines is 3. The van der Waals surface area contributed by atoms with E-state index in [4.69, 9.17) is 4.74 Å². The van der Waals surface area contributed by atoms with Crippen molar-refractivity contribution in [1.82, 2.24) is 4.98 Å². The number of carbonyl (C=O) groups is 1. The maximum absolute atomic E-state index is 13.6. The fourth-order valence-corrected chi connectivity index (χ4v) is 2.22. The first kappa shape index (κ1) is 17.4. The molecule has 5 nitrogen and oxygen atoms in total. The van der Waals surface area contributed by atoms with Crippen molar-refractivity contribution >= 4 is 23.1 Å². The van der Waals surface area contributed by atoms with E-state index in [2.05, 4.69) is 15.6 Å². The van der Waals surface area contributed by atoms with Gasteiger partial charge in [-0.2, -0.15) is 0 Å². The lowest BCUT2D eigenvalue weighted by molar-refractivity contribution is -0.118. The van der Waals surface area contributed by atoms with E-state index in [0.717, 1.165) is 5.56 Å². The molecule has 2 N–H and O–H groups in total. The number of aromatic nitrogens is 1. The van der Waals surface area contributed by atoms with Crippen LogP contribution >= 0.6 is 0 Å². The average Bonchev–Trinajstić information content (AvgIpc) is 2.65. The van der Waals surface area contributed by atoms with Crippen molar-refractivity contribution in [3.05, 3.63) is 78.2 Å². The van der Waals surface area contributed by atoms with Gasteiger partial charge in [-0.05, 0) is 43.3 Å². The van der Waals surface area contributed by atoms with Gasteiger partial charge in [-0.15, -0.1) is 0 Å². The smallest absolute Gasteiger partial charge is 0.262 e. The van der Waals surface area contributed by atoms with E-state index in [1.54, 1.807) is 30.3 Å². The van der Waals surface area contributed by atoms with Crippen LogP contribution in [0.3, 0.4) is 0 Å². The van der Waals surface area contributed by atoms with Crippen LogP contribution in [0.4, 0.5) is 21.6 Å². The minimum atomic E-state index is -0.361. The van der Waals surface area contributed by atoms with Gasteiger partial charge < -0.3 is 15.4 Å². The van der Waals surface area contributed by atoms with Crippen molar-refractivity contribution in [3.8, 4) is 5.75 Å². The molecule has 0 radical (unpaired) electrons. The summed E-state index contributed by atoms with van der Waals surface area (Å²) in [5.41, 5.74) is 1.99. The molecule has 0 saturated heterocycles. The molecule has 26 heavy (non-hydrogen) atoms. The fourth-order valence-electron chi connectivity index (χ4n) is 2.22. The number of ether oxygens (including phenoxy) is 1. The number of pyridine rings is 1. The zero-order valence-corrected chi connectivity index (χ0v) is 14.2. The van der Waals surface area contributed by atoms with Crippen LogP contribution in [0, 0.1) is 12.7 Å². The van der Waals surface area contributed by atoms with E-state index >= 15 is 0 Å². The number of carbonyl (C=O) groups excluding carboxylic acids is 1. The summed E-state index contributed by atoms with van der Waals surface area (Å²) < 4.78 is 19.0. The van der Waals surface area contributed by atoms with Crippen LogP contribution in [-0.2, 0) is 4.79 Å². The maximum Gasteiger partial charge on any atom is 0.262 e. The third-order valence-corrected chi connectivity index (χ3v) is 3.57. The molecule has 0 aliphatic carbocycles. The van der Waals surface area contributed by atoms with Crippen LogP contribution in [0.5, 0.6) is 5.75 Å². The number of hydrogen-bond donors (Lipinski definition) is 2. The van der Waals surface area contributed by atoms with Crippen LogP contribution in [-0.4, -0.2) is 17.5 Å². The summed E-state index contributed by atoms with van der Waals surface area (Å²) in [6, 6.07) is 17.1. The first-order chi connectivity index (χ1) is 12.6. The van der Waals surface area contributed by atoms with Crippen molar-refractivity contribution in [2.24, 2.45) is 0 Å². The van der Waals surface area contributed by atoms with Gasteiger partial charge in [0.1, 0.15) is 17.4 Å². The highest BCUT2D eigenvalue weighted by Crippen LogP contribution is 2.19. The zero-order chi connectivity index (χ0) is 18.4. The molecule has 3 aromatic rings. The molecule has 0 atom stereocenters. The summed E-state index contributed by atoms with van der Waals surface area (Å²) in [5, 5.41) is 5.58. The number of amides is 1. The quantitative estimate of drug-likeness (QED) is 0.695. The Morgan fingerprint density at radius 2 is 1.85 bits per heavy atom. The van der Waals surface area contributed by atoms with Crippen LogP contribution in [0.1, 0.15) is 5.56 Å². The number of para-hydroxylation sites is 1. The molecule has 0 saturated carbocycles. The Morgan fingerprint density at radius 3 is 2.54 bits per heavy atom. The highest BCUT2D eigenvalue weighted by Gasteiger charge is 2.06. The third-order valence-electron chi connectivity index (χ3n) is 3.57. The SMILES string of the molecule is Cc1ccc(OCC(=O)Nc2ccc(Nc3ccccc3F)nc2)cc1. The van der Waals surface area contributed by atoms with E-state index in [9.17, 15) is 9.18 Å². The van der Waals surface area contributed by atoms with E-state index in [1.165, 1.54) is 12.3 Å². The predicted molar refractivity (Wildman–Crippen MR) is 99.2 cm³/mol. The van der Waals surface area contributed by atoms with Crippen molar-refractivity contribution in [2.45, 2.75) is 6.92 Å². The van der Waals surface area contributed by atoms with Gasteiger partial charge in [0.15, 0.2) is 6.61 Å².